The molecule has 0 spiro atoms. The number of pyridine rings is 1. The summed E-state index contributed by atoms with van der Waals surface area (Å²) in [7, 11) is 0. The molecule has 1 aromatic rings. The van der Waals surface area contributed by atoms with Crippen LogP contribution in [0, 0.1) is 11.3 Å². The summed E-state index contributed by atoms with van der Waals surface area (Å²) in [5.74, 6) is 0.0412. The molecule has 0 unspecified atom stereocenters. The second kappa shape index (κ2) is 3.63. The van der Waals surface area contributed by atoms with E-state index in [9.17, 15) is 4.79 Å². The van der Waals surface area contributed by atoms with Crippen LogP contribution in [0.3, 0.4) is 0 Å². The number of hydrogen-bond donors (Lipinski definition) is 0. The highest BCUT2D eigenvalue weighted by Crippen LogP contribution is 2.04. The molecule has 12 heavy (non-hydrogen) atoms. The van der Waals surface area contributed by atoms with Crippen LogP contribution in [-0.4, -0.2) is 10.8 Å². The summed E-state index contributed by atoms with van der Waals surface area (Å²) in [6.45, 7) is 1.49. The highest BCUT2D eigenvalue weighted by atomic mass is 16.1. The van der Waals surface area contributed by atoms with Gasteiger partial charge in [0.25, 0.3) is 0 Å². The molecule has 0 N–H and O–H groups in total. The van der Waals surface area contributed by atoms with E-state index in [1.54, 1.807) is 18.3 Å². The number of ketones is 1. The Hall–Kier alpha value is -1.69. The van der Waals surface area contributed by atoms with E-state index in [1.165, 1.54) is 6.92 Å². The number of Topliss-reactive ketones (excluding diaryl/α,β-unsaturated/α-hetero) is 1. The Morgan fingerprint density at radius 3 is 3.08 bits per heavy atom. The third-order valence-corrected chi connectivity index (χ3v) is 1.44. The Labute approximate surface area is 70.7 Å². The number of nitriles is 1. The summed E-state index contributed by atoms with van der Waals surface area (Å²) in [5.41, 5.74) is 1.04. The molecule has 0 atom stereocenters. The zero-order valence-corrected chi connectivity index (χ0v) is 6.74. The minimum absolute atomic E-state index is 0.0412. The Kier molecular flexibility index (Phi) is 2.54. The lowest BCUT2D eigenvalue weighted by molar-refractivity contribution is -0.116. The molecule has 0 bridgehead atoms. The quantitative estimate of drug-likeness (QED) is 0.650. The number of carbonyl (C=O) groups is 1. The molecule has 0 aliphatic rings. The average molecular weight is 160 g/mol. The van der Waals surface area contributed by atoms with Gasteiger partial charge in [-0.25, -0.2) is 4.98 Å². The van der Waals surface area contributed by atoms with Crippen LogP contribution in [0.4, 0.5) is 0 Å². The molecule has 0 saturated carbocycles. The molecule has 3 nitrogen and oxygen atoms in total. The van der Waals surface area contributed by atoms with Crippen LogP contribution < -0.4 is 0 Å². The number of carbonyl (C=O) groups excluding carboxylic acids is 1. The van der Waals surface area contributed by atoms with E-state index < -0.39 is 0 Å². The fraction of sp³-hybridized carbons (Fsp3) is 0.222. The van der Waals surface area contributed by atoms with Crippen molar-refractivity contribution in [2.75, 3.05) is 0 Å². The van der Waals surface area contributed by atoms with Crippen LogP contribution in [-0.2, 0) is 11.2 Å². The lowest BCUT2D eigenvalue weighted by atomic mass is 10.1. The molecule has 0 radical (unpaired) electrons. The summed E-state index contributed by atoms with van der Waals surface area (Å²) in [4.78, 5) is 14.6. The third kappa shape index (κ3) is 1.89. The lowest BCUT2D eigenvalue weighted by Gasteiger charge is -1.97. The fourth-order valence-corrected chi connectivity index (χ4v) is 0.950. The normalized spacial score (nSPS) is 9.00. The molecule has 60 valence electrons. The summed E-state index contributed by atoms with van der Waals surface area (Å²) < 4.78 is 0. The second-order valence-electron chi connectivity index (χ2n) is 2.50. The van der Waals surface area contributed by atoms with Crippen LogP contribution >= 0.6 is 0 Å². The SMILES string of the molecule is CC(=O)Cc1cccnc1C#N. The van der Waals surface area contributed by atoms with E-state index in [-0.39, 0.29) is 12.2 Å². The standard InChI is InChI=1S/C9H8N2O/c1-7(12)5-8-3-2-4-11-9(8)6-10/h2-4H,5H2,1H3. The molecule has 1 aromatic heterocycles. The van der Waals surface area contributed by atoms with Gasteiger partial charge in [-0.15, -0.1) is 0 Å². The minimum Gasteiger partial charge on any atom is -0.300 e. The van der Waals surface area contributed by atoms with Crippen molar-refractivity contribution in [3.63, 3.8) is 0 Å². The Morgan fingerprint density at radius 1 is 1.75 bits per heavy atom. The summed E-state index contributed by atoms with van der Waals surface area (Å²) in [6, 6.07) is 5.40. The predicted molar refractivity (Wildman–Crippen MR) is 43.3 cm³/mol. The van der Waals surface area contributed by atoms with Gasteiger partial charge in [0.15, 0.2) is 0 Å². The van der Waals surface area contributed by atoms with Crippen LogP contribution in [0.2, 0.25) is 0 Å². The van der Waals surface area contributed by atoms with Crippen molar-refractivity contribution in [2.45, 2.75) is 13.3 Å². The second-order valence-corrected chi connectivity index (χ2v) is 2.50. The van der Waals surface area contributed by atoms with Crippen molar-refractivity contribution in [3.8, 4) is 6.07 Å². The zero-order valence-electron chi connectivity index (χ0n) is 6.74. The van der Waals surface area contributed by atoms with Crippen LogP contribution in [0.15, 0.2) is 18.3 Å². The van der Waals surface area contributed by atoms with Gasteiger partial charge < -0.3 is 0 Å². The average Bonchev–Trinajstić information content (AvgIpc) is 2.04. The van der Waals surface area contributed by atoms with E-state index >= 15 is 0 Å². The van der Waals surface area contributed by atoms with Crippen molar-refractivity contribution < 1.29 is 4.79 Å². The zero-order chi connectivity index (χ0) is 8.97. The highest BCUT2D eigenvalue weighted by Gasteiger charge is 2.03. The molecule has 1 heterocycles. The summed E-state index contributed by atoms with van der Waals surface area (Å²) in [5, 5.41) is 8.61. The van der Waals surface area contributed by atoms with E-state index in [4.69, 9.17) is 5.26 Å². The molecule has 0 fully saturated rings. The topological polar surface area (TPSA) is 53.8 Å². The van der Waals surface area contributed by atoms with Gasteiger partial charge >= 0.3 is 0 Å². The lowest BCUT2D eigenvalue weighted by Crippen LogP contribution is -2.00. The van der Waals surface area contributed by atoms with Crippen molar-refractivity contribution in [2.24, 2.45) is 0 Å². The molecule has 1 rings (SSSR count). The van der Waals surface area contributed by atoms with Crippen LogP contribution in [0.25, 0.3) is 0 Å². The first kappa shape index (κ1) is 8.41. The molecule has 0 aliphatic heterocycles. The molecular formula is C9H8N2O. The number of aromatic nitrogens is 1. The first-order valence-electron chi connectivity index (χ1n) is 3.57. The molecule has 0 aromatic carbocycles. The summed E-state index contributed by atoms with van der Waals surface area (Å²) in [6.07, 6.45) is 1.83. The van der Waals surface area contributed by atoms with Gasteiger partial charge in [-0.2, -0.15) is 5.26 Å². The monoisotopic (exact) mass is 160 g/mol. The van der Waals surface area contributed by atoms with Crippen molar-refractivity contribution in [3.05, 3.63) is 29.6 Å². The van der Waals surface area contributed by atoms with Gasteiger partial charge in [0.05, 0.1) is 0 Å². The van der Waals surface area contributed by atoms with Gasteiger partial charge in [-0.05, 0) is 18.6 Å². The maximum absolute atomic E-state index is 10.7. The molecule has 0 aliphatic carbocycles. The number of hydrogen-bond acceptors (Lipinski definition) is 3. The number of nitrogens with zero attached hydrogens (tertiary/aromatic N) is 2. The van der Waals surface area contributed by atoms with Crippen molar-refractivity contribution in [1.82, 2.24) is 4.98 Å². The maximum atomic E-state index is 10.7. The predicted octanol–water partition coefficient (Wildman–Crippen LogP) is 1.08. The first-order valence-corrected chi connectivity index (χ1v) is 3.57. The smallest absolute Gasteiger partial charge is 0.144 e. The maximum Gasteiger partial charge on any atom is 0.144 e. The molecular weight excluding hydrogens is 152 g/mol. The third-order valence-electron chi connectivity index (χ3n) is 1.44. The fourth-order valence-electron chi connectivity index (χ4n) is 0.950. The van der Waals surface area contributed by atoms with E-state index in [0.717, 1.165) is 0 Å². The van der Waals surface area contributed by atoms with Crippen molar-refractivity contribution >= 4 is 5.78 Å². The number of rotatable bonds is 2. The van der Waals surface area contributed by atoms with Gasteiger partial charge in [-0.3, -0.25) is 4.79 Å². The molecule has 3 heteroatoms. The van der Waals surface area contributed by atoms with Crippen LogP contribution in [0.1, 0.15) is 18.2 Å². The van der Waals surface area contributed by atoms with Crippen molar-refractivity contribution in [1.29, 1.82) is 5.26 Å². The van der Waals surface area contributed by atoms with Gasteiger partial charge in [0.1, 0.15) is 17.5 Å². The first-order chi connectivity index (χ1) is 5.74. The Balaban J connectivity index is 2.99. The van der Waals surface area contributed by atoms with E-state index in [1.807, 2.05) is 6.07 Å². The van der Waals surface area contributed by atoms with Crippen LogP contribution in [0.5, 0.6) is 0 Å². The highest BCUT2D eigenvalue weighted by molar-refractivity contribution is 5.78. The van der Waals surface area contributed by atoms with E-state index in [0.29, 0.717) is 11.3 Å². The van der Waals surface area contributed by atoms with Gasteiger partial charge in [0, 0.05) is 12.6 Å². The van der Waals surface area contributed by atoms with E-state index in [2.05, 4.69) is 4.98 Å². The Morgan fingerprint density at radius 2 is 2.50 bits per heavy atom. The molecule has 0 amide bonds. The van der Waals surface area contributed by atoms with Gasteiger partial charge in [0.2, 0.25) is 0 Å². The minimum atomic E-state index is 0.0412. The molecule has 0 saturated heterocycles. The van der Waals surface area contributed by atoms with Gasteiger partial charge in [-0.1, -0.05) is 6.07 Å². The largest absolute Gasteiger partial charge is 0.300 e. The summed E-state index contributed by atoms with van der Waals surface area (Å²) >= 11 is 0. The Bertz CT molecular complexity index is 339.